The molecule has 0 spiro atoms. The minimum absolute atomic E-state index is 0.0576. The van der Waals surface area contributed by atoms with Crippen molar-refractivity contribution in [3.63, 3.8) is 0 Å². The lowest BCUT2D eigenvalue weighted by molar-refractivity contribution is -0.0230. The second-order valence-corrected chi connectivity index (χ2v) is 5.46. The summed E-state index contributed by atoms with van der Waals surface area (Å²) in [5.41, 5.74) is 2.36. The van der Waals surface area contributed by atoms with E-state index in [0.717, 1.165) is 11.3 Å². The summed E-state index contributed by atoms with van der Waals surface area (Å²) in [4.78, 5) is 23.0. The normalized spacial score (nSPS) is 18.3. The largest absolute Gasteiger partial charge is 0.370 e. The Morgan fingerprint density at radius 2 is 2.00 bits per heavy atom. The minimum Gasteiger partial charge on any atom is -0.370 e. The Morgan fingerprint density at radius 1 is 1.23 bits per heavy atom. The smallest absolute Gasteiger partial charge is 0.272 e. The lowest BCUT2D eigenvalue weighted by Gasteiger charge is -2.33. The Bertz CT molecular complexity index is 653. The quantitative estimate of drug-likeness (QED) is 0.853. The molecule has 2 heterocycles. The third-order valence-electron chi connectivity index (χ3n) is 3.71. The number of aryl methyl sites for hydroxylation is 2. The van der Waals surface area contributed by atoms with Crippen LogP contribution in [0.1, 0.15) is 33.7 Å². The van der Waals surface area contributed by atoms with Gasteiger partial charge in [0.15, 0.2) is 0 Å². The minimum atomic E-state index is -0.0806. The molecule has 3 rings (SSSR count). The summed E-state index contributed by atoms with van der Waals surface area (Å²) in [7, 11) is 0. The van der Waals surface area contributed by atoms with Crippen molar-refractivity contribution in [1.29, 1.82) is 0 Å². The summed E-state index contributed by atoms with van der Waals surface area (Å²) in [6, 6.07) is 11.7. The van der Waals surface area contributed by atoms with Crippen molar-refractivity contribution in [1.82, 2.24) is 14.9 Å². The van der Waals surface area contributed by atoms with E-state index in [0.29, 0.717) is 31.2 Å². The zero-order valence-electron chi connectivity index (χ0n) is 12.8. The van der Waals surface area contributed by atoms with Crippen LogP contribution in [0, 0.1) is 13.8 Å². The first-order valence-corrected chi connectivity index (χ1v) is 7.41. The second-order valence-electron chi connectivity index (χ2n) is 5.46. The van der Waals surface area contributed by atoms with Crippen LogP contribution in [-0.4, -0.2) is 40.5 Å². The van der Waals surface area contributed by atoms with E-state index in [2.05, 4.69) is 9.97 Å². The Kier molecular flexibility index (Phi) is 4.15. The van der Waals surface area contributed by atoms with Gasteiger partial charge in [-0.05, 0) is 25.5 Å². The fraction of sp³-hybridized carbons (Fsp3) is 0.353. The summed E-state index contributed by atoms with van der Waals surface area (Å²) in [6.45, 7) is 5.34. The van der Waals surface area contributed by atoms with E-state index in [1.807, 2.05) is 42.2 Å². The van der Waals surface area contributed by atoms with Crippen molar-refractivity contribution < 1.29 is 9.53 Å². The molecular weight excluding hydrogens is 278 g/mol. The Labute approximate surface area is 130 Å². The maximum absolute atomic E-state index is 12.7. The first-order chi connectivity index (χ1) is 10.6. The summed E-state index contributed by atoms with van der Waals surface area (Å²) >= 11 is 0. The highest BCUT2D eigenvalue weighted by Gasteiger charge is 2.26. The van der Waals surface area contributed by atoms with Gasteiger partial charge in [0, 0.05) is 12.2 Å². The topological polar surface area (TPSA) is 55.3 Å². The molecule has 1 aromatic heterocycles. The van der Waals surface area contributed by atoms with E-state index in [4.69, 9.17) is 4.74 Å². The molecule has 0 N–H and O–H groups in total. The Balaban J connectivity index is 1.78. The molecule has 1 amide bonds. The van der Waals surface area contributed by atoms with Crippen LogP contribution in [0.2, 0.25) is 0 Å². The zero-order valence-corrected chi connectivity index (χ0v) is 12.8. The van der Waals surface area contributed by atoms with Gasteiger partial charge in [-0.15, -0.1) is 0 Å². The Morgan fingerprint density at radius 3 is 2.73 bits per heavy atom. The molecule has 1 aromatic carbocycles. The van der Waals surface area contributed by atoms with Crippen LogP contribution >= 0.6 is 0 Å². The molecule has 1 saturated heterocycles. The number of nitrogens with zero attached hydrogens (tertiary/aromatic N) is 3. The van der Waals surface area contributed by atoms with Crippen LogP contribution in [0.3, 0.4) is 0 Å². The van der Waals surface area contributed by atoms with E-state index >= 15 is 0 Å². The first-order valence-electron chi connectivity index (χ1n) is 7.41. The number of amides is 1. The number of carbonyl (C=O) groups excluding carboxylic acids is 1. The predicted octanol–water partition coefficient (Wildman–Crippen LogP) is 2.31. The molecule has 1 aliphatic rings. The number of aromatic nitrogens is 2. The molecule has 5 heteroatoms. The molecule has 0 saturated carbocycles. The summed E-state index contributed by atoms with van der Waals surface area (Å²) in [5.74, 6) is 0.564. The highest BCUT2D eigenvalue weighted by atomic mass is 16.5. The summed E-state index contributed by atoms with van der Waals surface area (Å²) < 4.78 is 5.80. The average molecular weight is 297 g/mol. The lowest BCUT2D eigenvalue weighted by atomic mass is 10.1. The van der Waals surface area contributed by atoms with Gasteiger partial charge in [0.2, 0.25) is 0 Å². The molecule has 0 bridgehead atoms. The molecule has 22 heavy (non-hydrogen) atoms. The van der Waals surface area contributed by atoms with E-state index in [-0.39, 0.29) is 12.0 Å². The van der Waals surface area contributed by atoms with Gasteiger partial charge in [0.05, 0.1) is 13.2 Å². The number of carbonyl (C=O) groups is 1. The monoisotopic (exact) mass is 297 g/mol. The fourth-order valence-electron chi connectivity index (χ4n) is 2.69. The third-order valence-corrected chi connectivity index (χ3v) is 3.71. The van der Waals surface area contributed by atoms with E-state index in [1.165, 1.54) is 0 Å². The lowest BCUT2D eigenvalue weighted by Crippen LogP contribution is -2.42. The van der Waals surface area contributed by atoms with Crippen LogP contribution < -0.4 is 0 Å². The van der Waals surface area contributed by atoms with Crippen molar-refractivity contribution in [2.24, 2.45) is 0 Å². The number of ether oxygens (including phenoxy) is 1. The van der Waals surface area contributed by atoms with Crippen molar-refractivity contribution in [2.75, 3.05) is 19.7 Å². The molecule has 0 radical (unpaired) electrons. The van der Waals surface area contributed by atoms with Crippen molar-refractivity contribution in [3.8, 4) is 0 Å². The van der Waals surface area contributed by atoms with Crippen LogP contribution in [-0.2, 0) is 4.74 Å². The molecule has 5 nitrogen and oxygen atoms in total. The number of hydrogen-bond donors (Lipinski definition) is 0. The van der Waals surface area contributed by atoms with Gasteiger partial charge in [-0.2, -0.15) is 0 Å². The number of hydrogen-bond acceptors (Lipinski definition) is 4. The van der Waals surface area contributed by atoms with Crippen molar-refractivity contribution in [3.05, 3.63) is 59.2 Å². The highest BCUT2D eigenvalue weighted by molar-refractivity contribution is 5.92. The predicted molar refractivity (Wildman–Crippen MR) is 82.5 cm³/mol. The fourth-order valence-corrected chi connectivity index (χ4v) is 2.69. The SMILES string of the molecule is Cc1cc(C(=O)N2CCOC(c3ccccc3)C2)nc(C)n1. The molecule has 2 aromatic rings. The molecule has 1 atom stereocenters. The van der Waals surface area contributed by atoms with E-state index in [1.54, 1.807) is 13.0 Å². The number of benzene rings is 1. The van der Waals surface area contributed by atoms with Gasteiger partial charge in [0.25, 0.3) is 5.91 Å². The van der Waals surface area contributed by atoms with Crippen molar-refractivity contribution >= 4 is 5.91 Å². The van der Waals surface area contributed by atoms with Gasteiger partial charge in [-0.1, -0.05) is 30.3 Å². The molecule has 114 valence electrons. The number of morpholine rings is 1. The maximum atomic E-state index is 12.7. The average Bonchev–Trinajstić information content (AvgIpc) is 2.54. The molecule has 1 fully saturated rings. The summed E-state index contributed by atoms with van der Waals surface area (Å²) in [6.07, 6.45) is -0.0806. The van der Waals surface area contributed by atoms with Gasteiger partial charge < -0.3 is 9.64 Å². The Hall–Kier alpha value is -2.27. The molecule has 1 aliphatic heterocycles. The van der Waals surface area contributed by atoms with Crippen molar-refractivity contribution in [2.45, 2.75) is 20.0 Å². The summed E-state index contributed by atoms with van der Waals surface area (Å²) in [5, 5.41) is 0. The zero-order chi connectivity index (χ0) is 15.5. The van der Waals surface area contributed by atoms with Crippen LogP contribution in [0.25, 0.3) is 0 Å². The molecule has 0 aliphatic carbocycles. The van der Waals surface area contributed by atoms with Gasteiger partial charge in [-0.3, -0.25) is 4.79 Å². The number of rotatable bonds is 2. The van der Waals surface area contributed by atoms with E-state index < -0.39 is 0 Å². The van der Waals surface area contributed by atoms with Gasteiger partial charge >= 0.3 is 0 Å². The first kappa shape index (κ1) is 14.7. The van der Waals surface area contributed by atoms with Crippen LogP contribution in [0.4, 0.5) is 0 Å². The van der Waals surface area contributed by atoms with Crippen LogP contribution in [0.5, 0.6) is 0 Å². The van der Waals surface area contributed by atoms with E-state index in [9.17, 15) is 4.79 Å². The third kappa shape index (κ3) is 3.14. The maximum Gasteiger partial charge on any atom is 0.272 e. The van der Waals surface area contributed by atoms with Gasteiger partial charge in [-0.25, -0.2) is 9.97 Å². The second kappa shape index (κ2) is 6.23. The standard InChI is InChI=1S/C17H19N3O2/c1-12-10-15(19-13(2)18-12)17(21)20-8-9-22-16(11-20)14-6-4-3-5-7-14/h3-7,10,16H,8-9,11H2,1-2H3. The van der Waals surface area contributed by atoms with Gasteiger partial charge in [0.1, 0.15) is 17.6 Å². The van der Waals surface area contributed by atoms with Crippen LogP contribution in [0.15, 0.2) is 36.4 Å². The highest BCUT2D eigenvalue weighted by Crippen LogP contribution is 2.22. The molecular formula is C17H19N3O2. The molecule has 1 unspecified atom stereocenters.